The highest BCUT2D eigenvalue weighted by Gasteiger charge is 2.56. The highest BCUT2D eigenvalue weighted by Crippen LogP contribution is 2.54. The first-order valence-corrected chi connectivity index (χ1v) is 8.91. The molecule has 1 aromatic rings. The molecule has 148 valence electrons. The molecule has 0 aromatic carbocycles. The standard InChI is InChI=1S/C17H21F3N4O3/c1-8-12(25)7-24(8)16-21-13(17(18,19)20)4-14(22-16)23-5-10-9(11(10)6-23)3-15(26)27-2/h4,8-12,25H,3,5-7H2,1-2H3/t8-,9?,10-,11+,12+/m0/s1. The normalized spacial score (nSPS) is 32.1. The Kier molecular flexibility index (Phi) is 4.21. The number of aliphatic hydroxyl groups excluding tert-OH is 1. The summed E-state index contributed by atoms with van der Waals surface area (Å²) in [6.45, 7) is 3.07. The molecule has 1 saturated carbocycles. The lowest BCUT2D eigenvalue weighted by molar-refractivity contribution is -0.142. The number of anilines is 2. The van der Waals surface area contributed by atoms with E-state index in [-0.39, 0.29) is 48.1 Å². The molecule has 3 heterocycles. The second-order valence-corrected chi connectivity index (χ2v) is 7.55. The van der Waals surface area contributed by atoms with E-state index in [1.807, 2.05) is 4.90 Å². The van der Waals surface area contributed by atoms with Crippen LogP contribution in [0, 0.1) is 17.8 Å². The van der Waals surface area contributed by atoms with E-state index >= 15 is 0 Å². The van der Waals surface area contributed by atoms with Crippen molar-refractivity contribution >= 4 is 17.7 Å². The van der Waals surface area contributed by atoms with Gasteiger partial charge in [0.25, 0.3) is 0 Å². The Morgan fingerprint density at radius 2 is 1.96 bits per heavy atom. The number of aliphatic hydroxyl groups is 1. The molecule has 1 aliphatic carbocycles. The summed E-state index contributed by atoms with van der Waals surface area (Å²) >= 11 is 0. The lowest BCUT2D eigenvalue weighted by Gasteiger charge is -2.43. The van der Waals surface area contributed by atoms with E-state index in [0.717, 1.165) is 6.07 Å². The minimum atomic E-state index is -4.57. The number of methoxy groups -OCH3 is 1. The molecular formula is C17H21F3N4O3. The van der Waals surface area contributed by atoms with Crippen LogP contribution in [0.4, 0.5) is 24.9 Å². The van der Waals surface area contributed by atoms with Crippen molar-refractivity contribution in [1.29, 1.82) is 0 Å². The maximum Gasteiger partial charge on any atom is 0.433 e. The number of carbonyl (C=O) groups excluding carboxylic acids is 1. The highest BCUT2D eigenvalue weighted by atomic mass is 19.4. The zero-order valence-corrected chi connectivity index (χ0v) is 15.0. The molecule has 27 heavy (non-hydrogen) atoms. The molecule has 3 fully saturated rings. The Labute approximate surface area is 154 Å². The average molecular weight is 386 g/mol. The number of fused-ring (bicyclic) bond motifs is 1. The van der Waals surface area contributed by atoms with Crippen molar-refractivity contribution in [3.63, 3.8) is 0 Å². The number of β-amino-alcohol motifs (C(OH)–C–C–N with tert-alkyl or cyclic N) is 1. The number of ether oxygens (including phenoxy) is 1. The summed E-state index contributed by atoms with van der Waals surface area (Å²) in [4.78, 5) is 22.8. The van der Waals surface area contributed by atoms with E-state index in [1.165, 1.54) is 7.11 Å². The molecule has 2 saturated heterocycles. The highest BCUT2D eigenvalue weighted by molar-refractivity contribution is 5.70. The van der Waals surface area contributed by atoms with Gasteiger partial charge in [0.1, 0.15) is 5.82 Å². The molecular weight excluding hydrogens is 365 g/mol. The summed E-state index contributed by atoms with van der Waals surface area (Å²) in [6, 6.07) is 0.655. The van der Waals surface area contributed by atoms with E-state index in [2.05, 4.69) is 14.7 Å². The molecule has 0 amide bonds. The predicted octanol–water partition coefficient (Wildman–Crippen LogP) is 1.31. The number of halogens is 3. The van der Waals surface area contributed by atoms with E-state index in [0.29, 0.717) is 19.5 Å². The van der Waals surface area contributed by atoms with Crippen LogP contribution in [0.3, 0.4) is 0 Å². The molecule has 0 bridgehead atoms. The zero-order valence-electron chi connectivity index (χ0n) is 15.0. The topological polar surface area (TPSA) is 78.8 Å². The van der Waals surface area contributed by atoms with Gasteiger partial charge in [-0.2, -0.15) is 18.2 Å². The molecule has 0 radical (unpaired) electrons. The van der Waals surface area contributed by atoms with Crippen LogP contribution < -0.4 is 9.80 Å². The van der Waals surface area contributed by atoms with Crippen LogP contribution in [-0.4, -0.2) is 59.9 Å². The van der Waals surface area contributed by atoms with E-state index in [1.54, 1.807) is 11.8 Å². The number of hydrogen-bond acceptors (Lipinski definition) is 7. The summed E-state index contributed by atoms with van der Waals surface area (Å²) in [5.74, 6) is 0.773. The summed E-state index contributed by atoms with van der Waals surface area (Å²) in [6.07, 6.45) is -4.81. The van der Waals surface area contributed by atoms with Crippen LogP contribution in [0.5, 0.6) is 0 Å². The van der Waals surface area contributed by atoms with Crippen LogP contribution >= 0.6 is 0 Å². The second-order valence-electron chi connectivity index (χ2n) is 7.55. The van der Waals surface area contributed by atoms with Gasteiger partial charge in [0, 0.05) is 32.1 Å². The number of esters is 1. The third kappa shape index (κ3) is 3.19. The molecule has 2 aliphatic heterocycles. The van der Waals surface area contributed by atoms with Crippen molar-refractivity contribution in [2.75, 3.05) is 36.5 Å². The zero-order chi connectivity index (χ0) is 19.5. The fourth-order valence-electron chi connectivity index (χ4n) is 4.13. The molecule has 1 N–H and O–H groups in total. The van der Waals surface area contributed by atoms with Gasteiger partial charge in [-0.25, -0.2) is 4.98 Å². The summed E-state index contributed by atoms with van der Waals surface area (Å²) < 4.78 is 44.6. The molecule has 10 heteroatoms. The van der Waals surface area contributed by atoms with Crippen LogP contribution in [0.15, 0.2) is 6.07 Å². The predicted molar refractivity (Wildman–Crippen MR) is 89.2 cm³/mol. The van der Waals surface area contributed by atoms with Gasteiger partial charge in [0.2, 0.25) is 5.95 Å². The number of aromatic nitrogens is 2. The van der Waals surface area contributed by atoms with Crippen molar-refractivity contribution in [3.8, 4) is 0 Å². The Hall–Kier alpha value is -2.10. The van der Waals surface area contributed by atoms with E-state index in [4.69, 9.17) is 0 Å². The third-order valence-corrected chi connectivity index (χ3v) is 6.01. The number of nitrogens with zero attached hydrogens (tertiary/aromatic N) is 4. The number of piperidine rings is 1. The number of alkyl halides is 3. The molecule has 7 nitrogen and oxygen atoms in total. The van der Waals surface area contributed by atoms with Gasteiger partial charge in [-0.05, 0) is 24.7 Å². The first-order chi connectivity index (χ1) is 12.7. The largest absolute Gasteiger partial charge is 0.469 e. The van der Waals surface area contributed by atoms with E-state index in [9.17, 15) is 23.1 Å². The summed E-state index contributed by atoms with van der Waals surface area (Å²) in [5.41, 5.74) is -0.984. The van der Waals surface area contributed by atoms with Gasteiger partial charge in [-0.1, -0.05) is 0 Å². The van der Waals surface area contributed by atoms with Gasteiger partial charge >= 0.3 is 12.1 Å². The minimum absolute atomic E-state index is 0.00990. The minimum Gasteiger partial charge on any atom is -0.469 e. The Morgan fingerprint density at radius 1 is 1.30 bits per heavy atom. The Bertz CT molecular complexity index is 747. The van der Waals surface area contributed by atoms with Gasteiger partial charge in [0.05, 0.1) is 19.3 Å². The maximum atomic E-state index is 13.3. The number of hydrogen-bond donors (Lipinski definition) is 1. The quantitative estimate of drug-likeness (QED) is 0.782. The SMILES string of the molecule is COC(=O)CC1[C@H]2CN(c3cc(C(F)(F)F)nc(N4C[C@@H](O)[C@@H]4C)n3)C[C@@H]12. The van der Waals surface area contributed by atoms with Crippen molar-refractivity contribution in [2.24, 2.45) is 17.8 Å². The number of carbonyl (C=O) groups is 1. The Balaban J connectivity index is 1.53. The molecule has 3 aliphatic rings. The van der Waals surface area contributed by atoms with Crippen LogP contribution in [-0.2, 0) is 15.7 Å². The number of rotatable bonds is 4. The first-order valence-electron chi connectivity index (χ1n) is 8.91. The molecule has 1 unspecified atom stereocenters. The fourth-order valence-corrected chi connectivity index (χ4v) is 4.13. The summed E-state index contributed by atoms with van der Waals surface area (Å²) in [5, 5.41) is 9.65. The molecule has 1 aromatic heterocycles. The van der Waals surface area contributed by atoms with Crippen molar-refractivity contribution < 1.29 is 27.8 Å². The molecule has 4 rings (SSSR count). The lowest BCUT2D eigenvalue weighted by Crippen LogP contribution is -2.59. The van der Waals surface area contributed by atoms with Crippen molar-refractivity contribution in [2.45, 2.75) is 31.7 Å². The van der Waals surface area contributed by atoms with Gasteiger partial charge in [0.15, 0.2) is 5.69 Å². The van der Waals surface area contributed by atoms with Crippen molar-refractivity contribution in [3.05, 3.63) is 11.8 Å². The fraction of sp³-hybridized carbons (Fsp3) is 0.706. The van der Waals surface area contributed by atoms with Crippen molar-refractivity contribution in [1.82, 2.24) is 9.97 Å². The van der Waals surface area contributed by atoms with E-state index < -0.39 is 18.0 Å². The van der Waals surface area contributed by atoms with Gasteiger partial charge < -0.3 is 19.6 Å². The van der Waals surface area contributed by atoms with Gasteiger partial charge in [-0.15, -0.1) is 0 Å². The Morgan fingerprint density at radius 3 is 2.48 bits per heavy atom. The van der Waals surface area contributed by atoms with Gasteiger partial charge in [-0.3, -0.25) is 4.79 Å². The first kappa shape index (κ1) is 18.3. The van der Waals surface area contributed by atoms with Crippen LogP contribution in [0.1, 0.15) is 19.0 Å². The third-order valence-electron chi connectivity index (χ3n) is 6.01. The maximum absolute atomic E-state index is 13.3. The van der Waals surface area contributed by atoms with Crippen LogP contribution in [0.25, 0.3) is 0 Å². The average Bonchev–Trinajstić information content (AvgIpc) is 3.05. The molecule has 0 spiro atoms. The molecule has 5 atom stereocenters. The monoisotopic (exact) mass is 386 g/mol. The smallest absolute Gasteiger partial charge is 0.433 e. The summed E-state index contributed by atoms with van der Waals surface area (Å²) in [7, 11) is 1.35. The second kappa shape index (κ2) is 6.22. The lowest BCUT2D eigenvalue weighted by atomic mass is 10.0. The van der Waals surface area contributed by atoms with Crippen LogP contribution in [0.2, 0.25) is 0 Å².